The molecule has 0 radical (unpaired) electrons. The molecule has 0 saturated carbocycles. The topological polar surface area (TPSA) is 169 Å². The molecular weight excluding hydrogens is 292 g/mol. The molecule has 2 heterocycles. The molecule has 2 aliphatic heterocycles. The van der Waals surface area contributed by atoms with Crippen LogP contribution in [0.25, 0.3) is 0 Å². The van der Waals surface area contributed by atoms with Gasteiger partial charge in [-0.2, -0.15) is 0 Å². The monoisotopic (exact) mass is 312 g/mol. The molecule has 2 saturated heterocycles. The molecule has 10 heteroatoms. The van der Waals surface area contributed by atoms with Crippen LogP contribution in [0.4, 0.5) is 0 Å². The van der Waals surface area contributed by atoms with E-state index in [0.29, 0.717) is 0 Å². The van der Waals surface area contributed by atoms with E-state index in [0.717, 1.165) is 0 Å². The molecule has 124 valence electrons. The standard InChI is InChI=1S/C11H20O10/c12-1-3-5(14)7(16)9(18)11(19-3)21-10-8(17)6(15)4(2-13)20-10/h3-18H,1-2H2/t3?,4-,5+,6+,7?,8-,9?,10-,11+/m0/s1. The molecule has 2 aliphatic rings. The lowest BCUT2D eigenvalue weighted by Crippen LogP contribution is -2.60. The van der Waals surface area contributed by atoms with Gasteiger partial charge in [-0.25, -0.2) is 0 Å². The van der Waals surface area contributed by atoms with Gasteiger partial charge < -0.3 is 50.0 Å². The highest BCUT2D eigenvalue weighted by Gasteiger charge is 2.49. The van der Waals surface area contributed by atoms with Crippen molar-refractivity contribution in [3.8, 4) is 0 Å². The van der Waals surface area contributed by atoms with Crippen molar-refractivity contribution < 1.29 is 50.0 Å². The van der Waals surface area contributed by atoms with E-state index in [1.165, 1.54) is 0 Å². The third-order valence-corrected chi connectivity index (χ3v) is 3.62. The fraction of sp³-hybridized carbons (Fsp3) is 1.00. The van der Waals surface area contributed by atoms with Crippen LogP contribution in [0.1, 0.15) is 0 Å². The molecule has 0 aromatic heterocycles. The molecule has 3 unspecified atom stereocenters. The zero-order chi connectivity index (χ0) is 15.7. The molecule has 0 bridgehead atoms. The molecule has 0 aromatic carbocycles. The Morgan fingerprint density at radius 1 is 0.619 bits per heavy atom. The van der Waals surface area contributed by atoms with Crippen LogP contribution in [0, 0.1) is 0 Å². The Hall–Kier alpha value is -0.400. The van der Waals surface area contributed by atoms with Crippen molar-refractivity contribution in [3.05, 3.63) is 0 Å². The third kappa shape index (κ3) is 3.19. The summed E-state index contributed by atoms with van der Waals surface area (Å²) in [5.41, 5.74) is 0. The van der Waals surface area contributed by atoms with Gasteiger partial charge in [0.25, 0.3) is 0 Å². The average Bonchev–Trinajstić information content (AvgIpc) is 2.75. The summed E-state index contributed by atoms with van der Waals surface area (Å²) in [6, 6.07) is 0. The van der Waals surface area contributed by atoms with Crippen LogP contribution in [-0.2, 0) is 14.2 Å². The molecule has 10 nitrogen and oxygen atoms in total. The summed E-state index contributed by atoms with van der Waals surface area (Å²) >= 11 is 0. The number of aliphatic hydroxyl groups excluding tert-OH is 7. The van der Waals surface area contributed by atoms with Gasteiger partial charge in [0.2, 0.25) is 0 Å². The van der Waals surface area contributed by atoms with E-state index in [4.69, 9.17) is 24.4 Å². The van der Waals surface area contributed by atoms with E-state index < -0.39 is 68.5 Å². The Labute approximate surface area is 119 Å². The van der Waals surface area contributed by atoms with Crippen molar-refractivity contribution in [2.75, 3.05) is 13.2 Å². The molecule has 0 spiro atoms. The van der Waals surface area contributed by atoms with Gasteiger partial charge in [-0.3, -0.25) is 0 Å². The zero-order valence-electron chi connectivity index (χ0n) is 11.0. The van der Waals surface area contributed by atoms with Gasteiger partial charge in [0, 0.05) is 0 Å². The summed E-state index contributed by atoms with van der Waals surface area (Å²) in [6.07, 6.45) is -12.8. The van der Waals surface area contributed by atoms with Crippen molar-refractivity contribution >= 4 is 0 Å². The molecule has 21 heavy (non-hydrogen) atoms. The van der Waals surface area contributed by atoms with Gasteiger partial charge >= 0.3 is 0 Å². The maximum atomic E-state index is 9.77. The lowest BCUT2D eigenvalue weighted by molar-refractivity contribution is -0.341. The van der Waals surface area contributed by atoms with Crippen molar-refractivity contribution in [2.24, 2.45) is 0 Å². The summed E-state index contributed by atoms with van der Waals surface area (Å²) in [5, 5.41) is 66.2. The van der Waals surface area contributed by atoms with Gasteiger partial charge in [0.05, 0.1) is 13.2 Å². The van der Waals surface area contributed by atoms with Crippen LogP contribution in [0.2, 0.25) is 0 Å². The second kappa shape index (κ2) is 6.79. The second-order valence-electron chi connectivity index (χ2n) is 5.04. The molecular formula is C11H20O10. The minimum absolute atomic E-state index is 0.549. The quantitative estimate of drug-likeness (QED) is 0.267. The number of hydrogen-bond acceptors (Lipinski definition) is 10. The Kier molecular flexibility index (Phi) is 5.48. The number of ether oxygens (including phenoxy) is 3. The van der Waals surface area contributed by atoms with E-state index in [9.17, 15) is 25.5 Å². The summed E-state index contributed by atoms with van der Waals surface area (Å²) in [7, 11) is 0. The SMILES string of the molecule is OCC1O[C@H](O[C@@H]2O[C@@H](CO)[C@@H](O)[C@@H]2O)C(O)C(O)[C@@H]1O. The Balaban J connectivity index is 2.01. The van der Waals surface area contributed by atoms with E-state index in [1.54, 1.807) is 0 Å². The van der Waals surface area contributed by atoms with Crippen LogP contribution in [0.15, 0.2) is 0 Å². The van der Waals surface area contributed by atoms with Crippen LogP contribution in [-0.4, -0.2) is 104 Å². The molecule has 0 aliphatic carbocycles. The first-order chi connectivity index (χ1) is 9.90. The van der Waals surface area contributed by atoms with Crippen molar-refractivity contribution in [2.45, 2.75) is 55.3 Å². The molecule has 0 aromatic rings. The van der Waals surface area contributed by atoms with Crippen LogP contribution in [0.3, 0.4) is 0 Å². The first-order valence-electron chi connectivity index (χ1n) is 6.49. The average molecular weight is 312 g/mol. The summed E-state index contributed by atoms with van der Waals surface area (Å²) in [6.45, 7) is -1.17. The van der Waals surface area contributed by atoms with Crippen LogP contribution >= 0.6 is 0 Å². The Morgan fingerprint density at radius 3 is 1.43 bits per heavy atom. The maximum Gasteiger partial charge on any atom is 0.189 e. The first-order valence-corrected chi connectivity index (χ1v) is 6.49. The van der Waals surface area contributed by atoms with Crippen LogP contribution < -0.4 is 0 Å². The smallest absolute Gasteiger partial charge is 0.189 e. The summed E-state index contributed by atoms with van der Waals surface area (Å²) in [5.74, 6) is 0. The molecule has 7 N–H and O–H groups in total. The highest BCUT2D eigenvalue weighted by atomic mass is 16.8. The molecule has 2 rings (SSSR count). The highest BCUT2D eigenvalue weighted by molar-refractivity contribution is 4.91. The highest BCUT2D eigenvalue weighted by Crippen LogP contribution is 2.28. The zero-order valence-corrected chi connectivity index (χ0v) is 11.0. The predicted octanol–water partition coefficient (Wildman–Crippen LogP) is -4.76. The molecule has 2 fully saturated rings. The lowest BCUT2D eigenvalue weighted by atomic mass is 9.99. The fourth-order valence-corrected chi connectivity index (χ4v) is 2.29. The van der Waals surface area contributed by atoms with Gasteiger partial charge in [-0.15, -0.1) is 0 Å². The Bertz CT molecular complexity index is 339. The predicted molar refractivity (Wildman–Crippen MR) is 62.6 cm³/mol. The van der Waals surface area contributed by atoms with Gasteiger partial charge in [0.1, 0.15) is 42.7 Å². The second-order valence-corrected chi connectivity index (χ2v) is 5.04. The van der Waals surface area contributed by atoms with E-state index in [1.807, 2.05) is 0 Å². The maximum absolute atomic E-state index is 9.77. The summed E-state index contributed by atoms with van der Waals surface area (Å²) < 4.78 is 15.3. The minimum atomic E-state index is -1.65. The van der Waals surface area contributed by atoms with E-state index in [2.05, 4.69) is 0 Å². The van der Waals surface area contributed by atoms with E-state index >= 15 is 0 Å². The van der Waals surface area contributed by atoms with Gasteiger partial charge in [-0.1, -0.05) is 0 Å². The fourth-order valence-electron chi connectivity index (χ4n) is 2.29. The molecule has 0 amide bonds. The number of aliphatic hydroxyl groups is 7. The van der Waals surface area contributed by atoms with Gasteiger partial charge in [0.15, 0.2) is 12.6 Å². The van der Waals surface area contributed by atoms with Crippen LogP contribution in [0.5, 0.6) is 0 Å². The summed E-state index contributed by atoms with van der Waals surface area (Å²) in [4.78, 5) is 0. The minimum Gasteiger partial charge on any atom is -0.394 e. The van der Waals surface area contributed by atoms with Crippen molar-refractivity contribution in [1.29, 1.82) is 0 Å². The van der Waals surface area contributed by atoms with E-state index in [-0.39, 0.29) is 0 Å². The van der Waals surface area contributed by atoms with Crippen molar-refractivity contribution in [1.82, 2.24) is 0 Å². The van der Waals surface area contributed by atoms with Crippen molar-refractivity contribution in [3.63, 3.8) is 0 Å². The Morgan fingerprint density at radius 2 is 1.00 bits per heavy atom. The number of hydrogen-bond donors (Lipinski definition) is 7. The molecule has 9 atom stereocenters. The largest absolute Gasteiger partial charge is 0.394 e. The normalized spacial score (nSPS) is 51.3. The number of rotatable bonds is 4. The lowest BCUT2D eigenvalue weighted by Gasteiger charge is -2.40. The van der Waals surface area contributed by atoms with Gasteiger partial charge in [-0.05, 0) is 0 Å². The first kappa shape index (κ1) is 17.0. The third-order valence-electron chi connectivity index (χ3n) is 3.62.